The number of nitrogens with one attached hydrogen (secondary N) is 1. The van der Waals surface area contributed by atoms with Gasteiger partial charge < -0.3 is 10.4 Å². The van der Waals surface area contributed by atoms with Gasteiger partial charge in [-0.2, -0.15) is 0 Å². The number of benzene rings is 1. The Hall–Kier alpha value is -1.13. The zero-order chi connectivity index (χ0) is 13.1. The first-order valence-electron chi connectivity index (χ1n) is 5.96. The average Bonchev–Trinajstić information content (AvgIpc) is 2.80. The van der Waals surface area contributed by atoms with Crippen LogP contribution in [-0.4, -0.2) is 23.7 Å². The molecule has 0 unspecified atom stereocenters. The van der Waals surface area contributed by atoms with Crippen LogP contribution in [0.4, 0.5) is 0 Å². The van der Waals surface area contributed by atoms with Crippen molar-refractivity contribution >= 4 is 21.8 Å². The second-order valence-corrected chi connectivity index (χ2v) is 5.46. The van der Waals surface area contributed by atoms with Crippen molar-refractivity contribution in [2.24, 2.45) is 5.92 Å². The number of aryl methyl sites for hydroxylation is 1. The summed E-state index contributed by atoms with van der Waals surface area (Å²) < 4.78 is 0.936. The van der Waals surface area contributed by atoms with Gasteiger partial charge in [-0.25, -0.2) is 0 Å². The van der Waals surface area contributed by atoms with Crippen molar-refractivity contribution in [2.75, 3.05) is 6.61 Å². The van der Waals surface area contributed by atoms with Crippen molar-refractivity contribution < 1.29 is 9.90 Å². The monoisotopic (exact) mass is 309 g/mol. The van der Waals surface area contributed by atoms with Crippen LogP contribution < -0.4 is 5.32 Å². The maximum atomic E-state index is 12.0. The summed E-state index contributed by atoms with van der Waals surface area (Å²) >= 11 is 3.42. The third-order valence-corrected chi connectivity index (χ3v) is 4.01. The summed E-state index contributed by atoms with van der Waals surface area (Å²) in [6, 6.07) is 5.58. The van der Waals surface area contributed by atoms with E-state index in [1.807, 2.05) is 37.3 Å². The molecular formula is C14H16BrNO2. The van der Waals surface area contributed by atoms with Crippen LogP contribution in [0.25, 0.3) is 0 Å². The Balaban J connectivity index is 2.00. The SMILES string of the molecule is Cc1ccc(C(=O)N[C@@H]2C=C[C@H](CO)C2)cc1Br. The minimum absolute atomic E-state index is 0.0229. The molecule has 0 spiro atoms. The third kappa shape index (κ3) is 3.00. The maximum Gasteiger partial charge on any atom is 0.251 e. The minimum atomic E-state index is -0.0797. The Morgan fingerprint density at radius 1 is 1.50 bits per heavy atom. The molecule has 1 amide bonds. The number of carbonyl (C=O) groups excluding carboxylic acids is 1. The van der Waals surface area contributed by atoms with Crippen LogP contribution in [0.15, 0.2) is 34.8 Å². The predicted molar refractivity (Wildman–Crippen MR) is 74.5 cm³/mol. The van der Waals surface area contributed by atoms with Gasteiger partial charge in [0.1, 0.15) is 0 Å². The highest BCUT2D eigenvalue weighted by Crippen LogP contribution is 2.19. The summed E-state index contributed by atoms with van der Waals surface area (Å²) in [5.74, 6) is 0.0870. The molecule has 1 aromatic carbocycles. The molecule has 0 saturated carbocycles. The molecule has 3 nitrogen and oxygen atoms in total. The van der Waals surface area contributed by atoms with Gasteiger partial charge in [-0.15, -0.1) is 0 Å². The fourth-order valence-electron chi connectivity index (χ4n) is 2.00. The van der Waals surface area contributed by atoms with Crippen molar-refractivity contribution in [2.45, 2.75) is 19.4 Å². The molecule has 0 saturated heterocycles. The summed E-state index contributed by atoms with van der Waals surface area (Å²) in [7, 11) is 0. The van der Waals surface area contributed by atoms with Gasteiger partial charge in [-0.3, -0.25) is 4.79 Å². The predicted octanol–water partition coefficient (Wildman–Crippen LogP) is 2.42. The molecule has 2 N–H and O–H groups in total. The number of aliphatic hydroxyl groups excluding tert-OH is 1. The highest BCUT2D eigenvalue weighted by atomic mass is 79.9. The van der Waals surface area contributed by atoms with E-state index in [0.717, 1.165) is 16.5 Å². The molecule has 0 fully saturated rings. The van der Waals surface area contributed by atoms with Gasteiger partial charge in [0.2, 0.25) is 0 Å². The quantitative estimate of drug-likeness (QED) is 0.843. The first kappa shape index (κ1) is 13.3. The van der Waals surface area contributed by atoms with Gasteiger partial charge in [0.05, 0.1) is 0 Å². The summed E-state index contributed by atoms with van der Waals surface area (Å²) in [6.07, 6.45) is 4.67. The Bertz CT molecular complexity index is 485. The lowest BCUT2D eigenvalue weighted by Crippen LogP contribution is -2.32. The Morgan fingerprint density at radius 2 is 2.28 bits per heavy atom. The van der Waals surface area contributed by atoms with Gasteiger partial charge in [-0.05, 0) is 31.0 Å². The van der Waals surface area contributed by atoms with Gasteiger partial charge in [0.25, 0.3) is 5.91 Å². The number of hydrogen-bond acceptors (Lipinski definition) is 2. The molecular weight excluding hydrogens is 294 g/mol. The fourth-order valence-corrected chi connectivity index (χ4v) is 2.38. The lowest BCUT2D eigenvalue weighted by Gasteiger charge is -2.13. The van der Waals surface area contributed by atoms with Crippen LogP contribution in [0.3, 0.4) is 0 Å². The van der Waals surface area contributed by atoms with E-state index in [1.165, 1.54) is 0 Å². The number of carbonyl (C=O) groups is 1. The molecule has 96 valence electrons. The number of aliphatic hydroxyl groups is 1. The van der Waals surface area contributed by atoms with Crippen molar-refractivity contribution in [1.29, 1.82) is 0 Å². The molecule has 2 atom stereocenters. The summed E-state index contributed by atoms with van der Waals surface area (Å²) in [5.41, 5.74) is 1.75. The highest BCUT2D eigenvalue weighted by Gasteiger charge is 2.20. The molecule has 0 aromatic heterocycles. The standard InChI is InChI=1S/C14H16BrNO2/c1-9-2-4-11(7-13(9)15)14(18)16-12-5-3-10(6-12)8-17/h2-5,7,10,12,17H,6,8H2,1H3,(H,16,18)/t10-,12+/m0/s1. The van der Waals surface area contributed by atoms with E-state index in [4.69, 9.17) is 5.11 Å². The highest BCUT2D eigenvalue weighted by molar-refractivity contribution is 9.10. The summed E-state index contributed by atoms with van der Waals surface area (Å²) in [5, 5.41) is 12.0. The third-order valence-electron chi connectivity index (χ3n) is 3.16. The van der Waals surface area contributed by atoms with Crippen molar-refractivity contribution in [3.05, 3.63) is 46.0 Å². The Labute approximate surface area is 115 Å². The second kappa shape index (κ2) is 5.67. The summed E-state index contributed by atoms with van der Waals surface area (Å²) in [6.45, 7) is 2.12. The largest absolute Gasteiger partial charge is 0.396 e. The molecule has 18 heavy (non-hydrogen) atoms. The molecule has 1 aliphatic rings. The fraction of sp³-hybridized carbons (Fsp3) is 0.357. The average molecular weight is 310 g/mol. The molecule has 2 rings (SSSR count). The van der Waals surface area contributed by atoms with Crippen LogP contribution in [0.2, 0.25) is 0 Å². The van der Waals surface area contributed by atoms with E-state index < -0.39 is 0 Å². The van der Waals surface area contributed by atoms with Gasteiger partial charge >= 0.3 is 0 Å². The normalized spacial score (nSPS) is 22.2. The van der Waals surface area contributed by atoms with E-state index in [9.17, 15) is 4.79 Å². The lowest BCUT2D eigenvalue weighted by molar-refractivity contribution is 0.0941. The zero-order valence-electron chi connectivity index (χ0n) is 10.2. The topological polar surface area (TPSA) is 49.3 Å². The number of hydrogen-bond donors (Lipinski definition) is 2. The maximum absolute atomic E-state index is 12.0. The van der Waals surface area contributed by atoms with E-state index in [2.05, 4.69) is 21.2 Å². The number of halogens is 1. The molecule has 1 aliphatic carbocycles. The lowest BCUT2D eigenvalue weighted by atomic mass is 10.1. The molecule has 0 bridgehead atoms. The molecule has 4 heteroatoms. The van der Waals surface area contributed by atoms with Crippen LogP contribution >= 0.6 is 15.9 Å². The molecule has 0 radical (unpaired) electrons. The van der Waals surface area contributed by atoms with E-state index in [-0.39, 0.29) is 24.5 Å². The minimum Gasteiger partial charge on any atom is -0.396 e. The zero-order valence-corrected chi connectivity index (χ0v) is 11.8. The van der Waals surface area contributed by atoms with Crippen LogP contribution in [0.5, 0.6) is 0 Å². The van der Waals surface area contributed by atoms with Crippen LogP contribution in [0, 0.1) is 12.8 Å². The molecule has 0 aliphatic heterocycles. The Morgan fingerprint density at radius 3 is 2.89 bits per heavy atom. The van der Waals surface area contributed by atoms with Crippen molar-refractivity contribution in [1.82, 2.24) is 5.32 Å². The van der Waals surface area contributed by atoms with Crippen LogP contribution in [0.1, 0.15) is 22.3 Å². The van der Waals surface area contributed by atoms with E-state index >= 15 is 0 Å². The van der Waals surface area contributed by atoms with E-state index in [1.54, 1.807) is 0 Å². The van der Waals surface area contributed by atoms with Crippen LogP contribution in [-0.2, 0) is 0 Å². The Kier molecular flexibility index (Phi) is 4.19. The van der Waals surface area contributed by atoms with Crippen molar-refractivity contribution in [3.8, 4) is 0 Å². The van der Waals surface area contributed by atoms with Gasteiger partial charge in [0, 0.05) is 28.6 Å². The first-order valence-corrected chi connectivity index (χ1v) is 6.75. The number of amides is 1. The second-order valence-electron chi connectivity index (χ2n) is 4.61. The summed E-state index contributed by atoms with van der Waals surface area (Å²) in [4.78, 5) is 12.0. The smallest absolute Gasteiger partial charge is 0.251 e. The van der Waals surface area contributed by atoms with E-state index in [0.29, 0.717) is 5.56 Å². The van der Waals surface area contributed by atoms with Gasteiger partial charge in [-0.1, -0.05) is 34.1 Å². The first-order chi connectivity index (χ1) is 8.60. The molecule has 0 heterocycles. The molecule has 1 aromatic rings. The van der Waals surface area contributed by atoms with Gasteiger partial charge in [0.15, 0.2) is 0 Å². The van der Waals surface area contributed by atoms with Crippen molar-refractivity contribution in [3.63, 3.8) is 0 Å². The number of rotatable bonds is 3.